The van der Waals surface area contributed by atoms with Gasteiger partial charge in [-0.05, 0) is 26.8 Å². The molecule has 5 nitrogen and oxygen atoms in total. The second kappa shape index (κ2) is 6.80. The number of nitrogens with zero attached hydrogens (tertiary/aromatic N) is 1. The fourth-order valence-electron chi connectivity index (χ4n) is 2.38. The lowest BCUT2D eigenvalue weighted by molar-refractivity contribution is -0.0679. The number of ether oxygens (including phenoxy) is 2. The van der Waals surface area contributed by atoms with Crippen molar-refractivity contribution < 1.29 is 28.2 Å². The van der Waals surface area contributed by atoms with Crippen LogP contribution in [0.15, 0.2) is 18.2 Å². The summed E-state index contributed by atoms with van der Waals surface area (Å²) in [6.45, 7) is 5.76. The lowest BCUT2D eigenvalue weighted by atomic mass is 10.00. The Morgan fingerprint density at radius 2 is 2.13 bits per heavy atom. The first-order chi connectivity index (χ1) is 10.7. The van der Waals surface area contributed by atoms with Gasteiger partial charge in [-0.3, -0.25) is 4.90 Å². The number of carbonyl (C=O) groups excluding carboxylic acids is 1. The highest BCUT2D eigenvalue weighted by Crippen LogP contribution is 2.27. The Balaban J connectivity index is 2.21. The van der Waals surface area contributed by atoms with Gasteiger partial charge in [0.25, 0.3) is 0 Å². The van der Waals surface area contributed by atoms with Gasteiger partial charge in [0.2, 0.25) is 0 Å². The van der Waals surface area contributed by atoms with Crippen molar-refractivity contribution in [1.82, 2.24) is 4.90 Å². The number of rotatable bonds is 2. The molecule has 1 aromatic carbocycles. The van der Waals surface area contributed by atoms with E-state index in [0.717, 1.165) is 12.1 Å². The number of halogens is 2. The zero-order valence-corrected chi connectivity index (χ0v) is 13.4. The lowest BCUT2D eigenvalue weighted by Crippen LogP contribution is -2.52. The summed E-state index contributed by atoms with van der Waals surface area (Å²) in [4.78, 5) is 13.6. The fraction of sp³-hybridized carbons (Fsp3) is 0.562. The number of aliphatic hydroxyl groups excluding tert-OH is 1. The van der Waals surface area contributed by atoms with Gasteiger partial charge in [0.15, 0.2) is 0 Å². The fourth-order valence-corrected chi connectivity index (χ4v) is 2.38. The minimum absolute atomic E-state index is 0.0389. The van der Waals surface area contributed by atoms with Crippen LogP contribution in [-0.4, -0.2) is 47.5 Å². The first-order valence-electron chi connectivity index (χ1n) is 7.39. The van der Waals surface area contributed by atoms with Crippen molar-refractivity contribution in [3.63, 3.8) is 0 Å². The van der Waals surface area contributed by atoms with Crippen LogP contribution in [0.5, 0.6) is 0 Å². The predicted octanol–water partition coefficient (Wildman–Crippen LogP) is 2.63. The minimum atomic E-state index is -1.34. The first-order valence-corrected chi connectivity index (χ1v) is 7.39. The highest BCUT2D eigenvalue weighted by Gasteiger charge is 2.36. The average molecular weight is 329 g/mol. The van der Waals surface area contributed by atoms with E-state index in [1.54, 1.807) is 20.8 Å². The molecule has 1 saturated heterocycles. The standard InChI is InChI=1S/C16H21F2NO4/c1-16(2,3)23-15(21)19-6-7-22-9-13(19)14(20)11-5-4-10(17)8-12(11)18/h4-5,8,13-14,20H,6-7,9H2,1-3H3. The molecule has 0 saturated carbocycles. The van der Waals surface area contributed by atoms with Gasteiger partial charge >= 0.3 is 6.09 Å². The Labute approximate surface area is 133 Å². The van der Waals surface area contributed by atoms with Crippen LogP contribution in [0.1, 0.15) is 32.4 Å². The van der Waals surface area contributed by atoms with Gasteiger partial charge in [0.1, 0.15) is 23.3 Å². The maximum Gasteiger partial charge on any atom is 0.410 e. The Morgan fingerprint density at radius 3 is 2.74 bits per heavy atom. The van der Waals surface area contributed by atoms with E-state index in [1.165, 1.54) is 4.90 Å². The molecule has 2 unspecified atom stereocenters. The van der Waals surface area contributed by atoms with E-state index in [9.17, 15) is 18.7 Å². The van der Waals surface area contributed by atoms with E-state index in [-0.39, 0.29) is 18.7 Å². The predicted molar refractivity (Wildman–Crippen MR) is 78.9 cm³/mol. The number of morpholine rings is 1. The SMILES string of the molecule is CC(C)(C)OC(=O)N1CCOCC1C(O)c1ccc(F)cc1F. The summed E-state index contributed by atoms with van der Waals surface area (Å²) in [5.41, 5.74) is -0.776. The first kappa shape index (κ1) is 17.6. The smallest absolute Gasteiger partial charge is 0.410 e. The van der Waals surface area contributed by atoms with Crippen molar-refractivity contribution in [2.75, 3.05) is 19.8 Å². The summed E-state index contributed by atoms with van der Waals surface area (Å²) in [5, 5.41) is 10.4. The Kier molecular flexibility index (Phi) is 5.21. The molecule has 1 aliphatic heterocycles. The van der Waals surface area contributed by atoms with Crippen LogP contribution in [0.4, 0.5) is 13.6 Å². The number of benzene rings is 1. The van der Waals surface area contributed by atoms with Crippen LogP contribution >= 0.6 is 0 Å². The Hall–Kier alpha value is -1.73. The summed E-state index contributed by atoms with van der Waals surface area (Å²) in [7, 11) is 0. The lowest BCUT2D eigenvalue weighted by Gasteiger charge is -2.38. The largest absolute Gasteiger partial charge is 0.444 e. The number of hydrogen-bond acceptors (Lipinski definition) is 4. The van der Waals surface area contributed by atoms with Crippen molar-refractivity contribution in [2.24, 2.45) is 0 Å². The third-order valence-corrected chi connectivity index (χ3v) is 3.44. The van der Waals surface area contributed by atoms with Crippen LogP contribution in [0.25, 0.3) is 0 Å². The Morgan fingerprint density at radius 1 is 1.43 bits per heavy atom. The van der Waals surface area contributed by atoms with Crippen LogP contribution in [-0.2, 0) is 9.47 Å². The molecule has 0 spiro atoms. The van der Waals surface area contributed by atoms with E-state index in [1.807, 2.05) is 0 Å². The van der Waals surface area contributed by atoms with Crippen LogP contribution in [0, 0.1) is 11.6 Å². The number of aliphatic hydroxyl groups is 1. The molecule has 7 heteroatoms. The molecule has 23 heavy (non-hydrogen) atoms. The highest BCUT2D eigenvalue weighted by molar-refractivity contribution is 5.69. The maximum atomic E-state index is 13.9. The molecule has 0 aliphatic carbocycles. The van der Waals surface area contributed by atoms with Gasteiger partial charge in [0.05, 0.1) is 19.3 Å². The van der Waals surface area contributed by atoms with Crippen LogP contribution in [0.2, 0.25) is 0 Å². The normalized spacial score (nSPS) is 20.3. The quantitative estimate of drug-likeness (QED) is 0.906. The molecule has 0 radical (unpaired) electrons. The average Bonchev–Trinajstić information content (AvgIpc) is 2.45. The summed E-state index contributed by atoms with van der Waals surface area (Å²) < 4.78 is 37.5. The molecule has 1 amide bonds. The van der Waals surface area contributed by atoms with Crippen LogP contribution in [0.3, 0.4) is 0 Å². The monoisotopic (exact) mass is 329 g/mol. The second-order valence-electron chi connectivity index (χ2n) is 6.43. The van der Waals surface area contributed by atoms with Crippen molar-refractivity contribution in [2.45, 2.75) is 38.5 Å². The van der Waals surface area contributed by atoms with Crippen molar-refractivity contribution in [1.29, 1.82) is 0 Å². The third-order valence-electron chi connectivity index (χ3n) is 3.44. The molecule has 1 aromatic rings. The van der Waals surface area contributed by atoms with E-state index in [4.69, 9.17) is 9.47 Å². The zero-order valence-electron chi connectivity index (χ0n) is 13.4. The summed E-state index contributed by atoms with van der Waals surface area (Å²) in [6, 6.07) is 2.11. The molecule has 1 heterocycles. The van der Waals surface area contributed by atoms with Crippen molar-refractivity contribution in [3.05, 3.63) is 35.4 Å². The second-order valence-corrected chi connectivity index (χ2v) is 6.43. The van der Waals surface area contributed by atoms with Gasteiger partial charge < -0.3 is 14.6 Å². The molecule has 128 valence electrons. The van der Waals surface area contributed by atoms with E-state index >= 15 is 0 Å². The van der Waals surface area contributed by atoms with E-state index < -0.39 is 35.5 Å². The number of carbonyl (C=O) groups is 1. The molecule has 1 fully saturated rings. The highest BCUT2D eigenvalue weighted by atomic mass is 19.1. The Bertz CT molecular complexity index is 574. The molecular weight excluding hydrogens is 308 g/mol. The number of amides is 1. The molecular formula is C16H21F2NO4. The van der Waals surface area contributed by atoms with Gasteiger partial charge in [0, 0.05) is 18.2 Å². The summed E-state index contributed by atoms with van der Waals surface area (Å²) in [6.07, 6.45) is -1.95. The third kappa shape index (κ3) is 4.39. The molecule has 2 atom stereocenters. The van der Waals surface area contributed by atoms with Crippen molar-refractivity contribution >= 4 is 6.09 Å². The molecule has 0 bridgehead atoms. The van der Waals surface area contributed by atoms with E-state index in [2.05, 4.69) is 0 Å². The molecule has 2 rings (SSSR count). The number of hydrogen-bond donors (Lipinski definition) is 1. The van der Waals surface area contributed by atoms with Gasteiger partial charge in [-0.15, -0.1) is 0 Å². The topological polar surface area (TPSA) is 59.0 Å². The van der Waals surface area contributed by atoms with E-state index in [0.29, 0.717) is 12.7 Å². The van der Waals surface area contributed by atoms with Gasteiger partial charge in [-0.2, -0.15) is 0 Å². The maximum absolute atomic E-state index is 13.9. The molecule has 1 N–H and O–H groups in total. The summed E-state index contributed by atoms with van der Waals surface area (Å²) in [5.74, 6) is -1.60. The van der Waals surface area contributed by atoms with Gasteiger partial charge in [-0.1, -0.05) is 6.07 Å². The van der Waals surface area contributed by atoms with Gasteiger partial charge in [-0.25, -0.2) is 13.6 Å². The molecule has 0 aromatic heterocycles. The van der Waals surface area contributed by atoms with Crippen molar-refractivity contribution in [3.8, 4) is 0 Å². The zero-order chi connectivity index (χ0) is 17.2. The van der Waals surface area contributed by atoms with Crippen LogP contribution < -0.4 is 0 Å². The summed E-state index contributed by atoms with van der Waals surface area (Å²) >= 11 is 0. The minimum Gasteiger partial charge on any atom is -0.444 e. The molecule has 1 aliphatic rings.